The number of amides is 1. The van der Waals surface area contributed by atoms with Gasteiger partial charge in [-0.3, -0.25) is 4.79 Å². The lowest BCUT2D eigenvalue weighted by Gasteiger charge is -2.32. The Morgan fingerprint density at radius 2 is 1.42 bits per heavy atom. The van der Waals surface area contributed by atoms with Crippen molar-refractivity contribution < 1.29 is 49.4 Å². The molecule has 0 aromatic heterocycles. The summed E-state index contributed by atoms with van der Waals surface area (Å²) in [6, 6.07) is 3.04. The Labute approximate surface area is 203 Å². The Kier molecular flexibility index (Phi) is 7.49. The van der Waals surface area contributed by atoms with Crippen LogP contribution in [0.15, 0.2) is 36.4 Å². The summed E-state index contributed by atoms with van der Waals surface area (Å²) in [4.78, 5) is 11.7. The highest BCUT2D eigenvalue weighted by molar-refractivity contribution is 6.31. The third-order valence-corrected chi connectivity index (χ3v) is 5.89. The van der Waals surface area contributed by atoms with Crippen molar-refractivity contribution in [2.24, 2.45) is 5.92 Å². The van der Waals surface area contributed by atoms with Crippen LogP contribution in [0, 0.1) is 5.92 Å². The highest BCUT2D eigenvalue weighted by Crippen LogP contribution is 2.44. The van der Waals surface area contributed by atoms with Crippen LogP contribution in [0.1, 0.15) is 35.1 Å². The number of rotatable bonds is 7. The molecule has 2 aromatic rings. The maximum Gasteiger partial charge on any atom is 0.423 e. The molecule has 1 aliphatic carbocycles. The second kappa shape index (κ2) is 9.66. The molecule has 2 aromatic carbocycles. The van der Waals surface area contributed by atoms with Gasteiger partial charge in [0.2, 0.25) is 11.5 Å². The average Bonchev–Trinajstić information content (AvgIpc) is 3.60. The molecule has 198 valence electrons. The van der Waals surface area contributed by atoms with Gasteiger partial charge in [0.05, 0.1) is 17.7 Å². The highest BCUT2D eigenvalue weighted by Gasteiger charge is 2.56. The molecule has 0 bridgehead atoms. The highest BCUT2D eigenvalue weighted by atomic mass is 35.5. The van der Waals surface area contributed by atoms with Gasteiger partial charge in [-0.15, -0.1) is 0 Å². The topological polar surface area (TPSA) is 61.4 Å². The van der Waals surface area contributed by atoms with Gasteiger partial charge >= 0.3 is 18.5 Å². The molecular weight excluding hydrogens is 531 g/mol. The summed E-state index contributed by atoms with van der Waals surface area (Å²) in [5.41, 5.74) is -9.48. The maximum absolute atomic E-state index is 13.8. The number of benzene rings is 2. The van der Waals surface area contributed by atoms with E-state index < -0.39 is 47.4 Å². The summed E-state index contributed by atoms with van der Waals surface area (Å²) in [6.45, 7) is -1.49. The van der Waals surface area contributed by atoms with Gasteiger partial charge in [-0.1, -0.05) is 17.7 Å². The smallest absolute Gasteiger partial charge is 0.381 e. The molecule has 3 rings (SSSR count). The molecule has 0 radical (unpaired) electrons. The molecule has 4 nitrogen and oxygen atoms in total. The first-order valence-electron chi connectivity index (χ1n) is 10.3. The van der Waals surface area contributed by atoms with Gasteiger partial charge < -0.3 is 15.7 Å². The van der Waals surface area contributed by atoms with Crippen molar-refractivity contribution in [3.05, 3.63) is 63.7 Å². The zero-order valence-electron chi connectivity index (χ0n) is 18.0. The Balaban J connectivity index is 1.88. The molecule has 1 fully saturated rings. The Bertz CT molecular complexity index is 1100. The third-order valence-electron chi connectivity index (χ3n) is 5.54. The van der Waals surface area contributed by atoms with E-state index in [1.165, 1.54) is 12.1 Å². The van der Waals surface area contributed by atoms with E-state index in [2.05, 4.69) is 10.6 Å². The van der Waals surface area contributed by atoms with E-state index in [-0.39, 0.29) is 47.3 Å². The molecule has 0 aliphatic heterocycles. The predicted octanol–water partition coefficient (Wildman–Crippen LogP) is 6.27. The van der Waals surface area contributed by atoms with Crippen molar-refractivity contribution in [1.29, 1.82) is 0 Å². The van der Waals surface area contributed by atoms with Crippen molar-refractivity contribution in [2.45, 2.75) is 43.5 Å². The number of hydrogen-bond donors (Lipinski definition) is 3. The van der Waals surface area contributed by atoms with E-state index >= 15 is 0 Å². The lowest BCUT2D eigenvalue weighted by atomic mass is 9.89. The van der Waals surface area contributed by atoms with Crippen LogP contribution in [0.4, 0.5) is 45.2 Å². The minimum atomic E-state index is -5.66. The maximum atomic E-state index is 13.8. The molecule has 1 amide bonds. The Morgan fingerprint density at radius 1 is 0.889 bits per heavy atom. The lowest BCUT2D eigenvalue weighted by molar-refractivity contribution is -0.261. The third kappa shape index (κ3) is 6.36. The summed E-state index contributed by atoms with van der Waals surface area (Å²) >= 11 is 6.08. The molecule has 0 spiro atoms. The molecule has 1 aliphatic rings. The van der Waals surface area contributed by atoms with E-state index in [0.29, 0.717) is 5.56 Å². The van der Waals surface area contributed by atoms with Crippen molar-refractivity contribution in [1.82, 2.24) is 5.32 Å². The fourth-order valence-corrected chi connectivity index (χ4v) is 3.51. The summed E-state index contributed by atoms with van der Waals surface area (Å²) in [7, 11) is 0. The predicted molar refractivity (Wildman–Crippen MR) is 111 cm³/mol. The van der Waals surface area contributed by atoms with Crippen LogP contribution in [0.25, 0.3) is 0 Å². The number of aliphatic hydroxyl groups is 1. The van der Waals surface area contributed by atoms with Crippen molar-refractivity contribution >= 4 is 23.2 Å². The number of nitrogens with one attached hydrogen (secondary N) is 2. The van der Waals surface area contributed by atoms with Crippen molar-refractivity contribution in [3.8, 4) is 0 Å². The minimum Gasteiger partial charge on any atom is -0.381 e. The Morgan fingerprint density at radius 3 is 1.86 bits per heavy atom. The molecule has 0 heterocycles. The first kappa shape index (κ1) is 27.9. The first-order valence-corrected chi connectivity index (χ1v) is 10.7. The molecule has 0 unspecified atom stereocenters. The Hall–Kier alpha value is -2.67. The molecule has 1 atom stereocenters. The zero-order valence-corrected chi connectivity index (χ0v) is 18.8. The fourth-order valence-electron chi connectivity index (χ4n) is 3.26. The zero-order chi connectivity index (χ0) is 27.1. The lowest BCUT2D eigenvalue weighted by Crippen LogP contribution is -2.48. The molecule has 36 heavy (non-hydrogen) atoms. The summed E-state index contributed by atoms with van der Waals surface area (Å²) in [6.07, 6.45) is -15.0. The van der Waals surface area contributed by atoms with Crippen LogP contribution in [-0.4, -0.2) is 23.7 Å². The van der Waals surface area contributed by atoms with Gasteiger partial charge in [0.15, 0.2) is 0 Å². The number of anilines is 1. The molecular formula is C22H18ClF9N2O2. The largest absolute Gasteiger partial charge is 0.423 e. The molecule has 1 saturated carbocycles. The number of carbonyl (C=O) groups excluding carboxylic acids is 1. The summed E-state index contributed by atoms with van der Waals surface area (Å²) in [5, 5.41) is 15.2. The second-order valence-corrected chi connectivity index (χ2v) is 8.71. The van der Waals surface area contributed by atoms with Gasteiger partial charge in [-0.25, -0.2) is 0 Å². The molecule has 3 N–H and O–H groups in total. The first-order chi connectivity index (χ1) is 16.4. The molecule has 0 saturated heterocycles. The number of alkyl halides is 9. The second-order valence-electron chi connectivity index (χ2n) is 8.30. The van der Waals surface area contributed by atoms with E-state index in [4.69, 9.17) is 11.6 Å². The average molecular weight is 549 g/mol. The van der Waals surface area contributed by atoms with Crippen LogP contribution >= 0.6 is 11.6 Å². The quantitative estimate of drug-likeness (QED) is 0.358. The van der Waals surface area contributed by atoms with E-state index in [1.807, 2.05) is 0 Å². The SMILES string of the molecule is O=C(NCc1ccc(NC[C@](O)(c2cc(C(F)(F)F)cc(C(F)(F)F)c2)C(F)(F)F)cc1Cl)C1CC1. The summed E-state index contributed by atoms with van der Waals surface area (Å²) in [5.74, 6) is -0.249. The van der Waals surface area contributed by atoms with Crippen LogP contribution in [0.3, 0.4) is 0 Å². The van der Waals surface area contributed by atoms with Gasteiger partial charge in [0, 0.05) is 23.2 Å². The van der Waals surface area contributed by atoms with Crippen molar-refractivity contribution in [3.63, 3.8) is 0 Å². The van der Waals surface area contributed by atoms with E-state index in [1.54, 1.807) is 0 Å². The fraction of sp³-hybridized carbons (Fsp3) is 0.409. The standard InChI is InChI=1S/C22H18ClF9N2O2/c23-17-8-16(4-3-12(17)9-33-18(35)11-1-2-11)34-10-19(36,22(30,31)32)13-5-14(20(24,25)26)7-15(6-13)21(27,28)29/h3-8,11,34,36H,1-2,9-10H2,(H,33,35)/t19-/m0/s1. The van der Waals surface area contributed by atoms with Gasteiger partial charge in [0.25, 0.3) is 0 Å². The van der Waals surface area contributed by atoms with Gasteiger partial charge in [-0.05, 0) is 54.3 Å². The minimum absolute atomic E-state index is 0.0186. The van der Waals surface area contributed by atoms with E-state index in [9.17, 15) is 49.4 Å². The van der Waals surface area contributed by atoms with Crippen LogP contribution in [-0.2, 0) is 29.3 Å². The number of halogens is 10. The normalized spacial score (nSPS) is 16.4. The van der Waals surface area contributed by atoms with Crippen molar-refractivity contribution in [2.75, 3.05) is 11.9 Å². The van der Waals surface area contributed by atoms with Crippen LogP contribution in [0.5, 0.6) is 0 Å². The van der Waals surface area contributed by atoms with Crippen LogP contribution < -0.4 is 10.6 Å². The monoisotopic (exact) mass is 548 g/mol. The van der Waals surface area contributed by atoms with Gasteiger partial charge in [-0.2, -0.15) is 39.5 Å². The van der Waals surface area contributed by atoms with Crippen LogP contribution in [0.2, 0.25) is 5.02 Å². The number of carbonyl (C=O) groups is 1. The molecule has 14 heteroatoms. The summed E-state index contributed by atoms with van der Waals surface area (Å²) < 4.78 is 120. The van der Waals surface area contributed by atoms with E-state index in [0.717, 1.165) is 18.9 Å². The number of hydrogen-bond acceptors (Lipinski definition) is 3. The van der Waals surface area contributed by atoms with Gasteiger partial charge in [0.1, 0.15) is 0 Å².